The van der Waals surface area contributed by atoms with Crippen LogP contribution in [0.25, 0.3) is 10.9 Å². The molecule has 0 aliphatic heterocycles. The van der Waals surface area contributed by atoms with Crippen molar-refractivity contribution in [2.75, 3.05) is 11.9 Å². The second-order valence-electron chi connectivity index (χ2n) is 10.4. The fourth-order valence-corrected chi connectivity index (χ4v) is 5.07. The minimum absolute atomic E-state index is 0.0367. The first kappa shape index (κ1) is 30.2. The van der Waals surface area contributed by atoms with Crippen LogP contribution in [0.4, 0.5) is 10.1 Å². The summed E-state index contributed by atoms with van der Waals surface area (Å²) in [5.41, 5.74) is 2.21. The number of hydrogen-bond acceptors (Lipinski definition) is 5. The molecule has 1 heterocycles. The van der Waals surface area contributed by atoms with Gasteiger partial charge in [-0.3, -0.25) is 23.9 Å². The molecular weight excluding hydrogens is 596 g/mol. The minimum atomic E-state index is -0.601. The maximum absolute atomic E-state index is 14.2. The number of nitrogens with zero attached hydrogens (tertiary/aromatic N) is 3. The van der Waals surface area contributed by atoms with Gasteiger partial charge in [0, 0.05) is 41.2 Å². The number of ketones is 1. The Balaban J connectivity index is 1.27. The van der Waals surface area contributed by atoms with Gasteiger partial charge in [-0.1, -0.05) is 47.5 Å². The lowest BCUT2D eigenvalue weighted by molar-refractivity contribution is -0.137. The number of amides is 3. The Bertz CT molecular complexity index is 1720. The molecule has 0 unspecified atom stereocenters. The summed E-state index contributed by atoms with van der Waals surface area (Å²) < 4.78 is 15.6. The van der Waals surface area contributed by atoms with E-state index in [9.17, 15) is 23.6 Å². The Hall–Kier alpha value is -4.28. The van der Waals surface area contributed by atoms with Gasteiger partial charge in [-0.25, -0.2) is 4.39 Å². The van der Waals surface area contributed by atoms with Gasteiger partial charge in [0.2, 0.25) is 17.7 Å². The van der Waals surface area contributed by atoms with Crippen molar-refractivity contribution in [1.29, 1.82) is 0 Å². The zero-order valence-electron chi connectivity index (χ0n) is 23.2. The van der Waals surface area contributed by atoms with Gasteiger partial charge >= 0.3 is 0 Å². The third-order valence-corrected chi connectivity index (χ3v) is 7.60. The van der Waals surface area contributed by atoms with E-state index in [2.05, 4.69) is 15.7 Å². The van der Waals surface area contributed by atoms with E-state index in [-0.39, 0.29) is 66.0 Å². The Morgan fingerprint density at radius 1 is 1.02 bits per heavy atom. The Labute approximate surface area is 256 Å². The van der Waals surface area contributed by atoms with Gasteiger partial charge < -0.3 is 15.5 Å². The van der Waals surface area contributed by atoms with Crippen LogP contribution in [0.15, 0.2) is 60.7 Å². The van der Waals surface area contributed by atoms with Crippen LogP contribution in [0.5, 0.6) is 0 Å². The molecule has 12 heteroatoms. The Morgan fingerprint density at radius 3 is 2.47 bits per heavy atom. The SMILES string of the molecule is CC(=O)c1nn(CC(=O)N(CC(=O)NCc2cccc(Cl)c2F)C2CC2)c2ccc(NC(=O)Cc3ccc(Cl)cc3)cc12. The van der Waals surface area contributed by atoms with E-state index >= 15 is 0 Å². The molecule has 0 radical (unpaired) electrons. The van der Waals surface area contributed by atoms with E-state index in [4.69, 9.17) is 23.2 Å². The van der Waals surface area contributed by atoms with Crippen LogP contribution in [0.3, 0.4) is 0 Å². The molecule has 1 saturated carbocycles. The first-order valence-corrected chi connectivity index (χ1v) is 14.4. The number of anilines is 1. The molecule has 0 spiro atoms. The number of nitrogens with one attached hydrogen (secondary N) is 2. The molecule has 9 nitrogen and oxygen atoms in total. The highest BCUT2D eigenvalue weighted by Gasteiger charge is 2.34. The van der Waals surface area contributed by atoms with Crippen molar-refractivity contribution in [2.24, 2.45) is 0 Å². The van der Waals surface area contributed by atoms with Gasteiger partial charge in [-0.2, -0.15) is 5.10 Å². The number of hydrogen-bond donors (Lipinski definition) is 2. The van der Waals surface area contributed by atoms with Crippen LogP contribution >= 0.6 is 23.2 Å². The number of carbonyl (C=O) groups excluding carboxylic acids is 4. The predicted octanol–water partition coefficient (Wildman–Crippen LogP) is 5.17. The largest absolute Gasteiger partial charge is 0.350 e. The molecule has 5 rings (SSSR count). The smallest absolute Gasteiger partial charge is 0.245 e. The van der Waals surface area contributed by atoms with E-state index in [1.54, 1.807) is 48.5 Å². The molecule has 1 aliphatic rings. The fourth-order valence-electron chi connectivity index (χ4n) is 4.75. The Morgan fingerprint density at radius 2 is 1.77 bits per heavy atom. The van der Waals surface area contributed by atoms with E-state index < -0.39 is 11.7 Å². The van der Waals surface area contributed by atoms with Crippen molar-refractivity contribution < 1.29 is 23.6 Å². The number of Topliss-reactive ketones (excluding diaryl/α,β-unsaturated/α-hetero) is 1. The van der Waals surface area contributed by atoms with Crippen molar-refractivity contribution >= 4 is 63.3 Å². The van der Waals surface area contributed by atoms with E-state index in [1.807, 2.05) is 0 Å². The molecule has 43 heavy (non-hydrogen) atoms. The van der Waals surface area contributed by atoms with Crippen molar-refractivity contribution in [3.63, 3.8) is 0 Å². The summed E-state index contributed by atoms with van der Waals surface area (Å²) in [6.07, 6.45) is 1.67. The topological polar surface area (TPSA) is 113 Å². The normalized spacial score (nSPS) is 12.7. The maximum Gasteiger partial charge on any atom is 0.245 e. The van der Waals surface area contributed by atoms with Crippen molar-refractivity contribution in [3.05, 3.63) is 93.3 Å². The van der Waals surface area contributed by atoms with Gasteiger partial charge in [0.25, 0.3) is 0 Å². The van der Waals surface area contributed by atoms with Crippen molar-refractivity contribution in [3.8, 4) is 0 Å². The number of halogens is 3. The Kier molecular flexibility index (Phi) is 9.08. The number of aromatic nitrogens is 2. The summed E-state index contributed by atoms with van der Waals surface area (Å²) in [6, 6.07) is 16.4. The highest BCUT2D eigenvalue weighted by Crippen LogP contribution is 2.28. The molecule has 3 aromatic carbocycles. The van der Waals surface area contributed by atoms with E-state index in [0.29, 0.717) is 21.6 Å². The third-order valence-electron chi connectivity index (χ3n) is 7.06. The van der Waals surface area contributed by atoms with Crippen LogP contribution in [0, 0.1) is 5.82 Å². The summed E-state index contributed by atoms with van der Waals surface area (Å²) in [4.78, 5) is 52.6. The summed E-state index contributed by atoms with van der Waals surface area (Å²) >= 11 is 11.7. The second kappa shape index (κ2) is 12.9. The predicted molar refractivity (Wildman–Crippen MR) is 162 cm³/mol. The summed E-state index contributed by atoms with van der Waals surface area (Å²) in [5, 5.41) is 10.9. The van der Waals surface area contributed by atoms with Crippen LogP contribution in [0.2, 0.25) is 10.0 Å². The van der Waals surface area contributed by atoms with Crippen LogP contribution in [-0.2, 0) is 33.9 Å². The van der Waals surface area contributed by atoms with Gasteiger partial charge in [-0.05, 0) is 54.8 Å². The van der Waals surface area contributed by atoms with Gasteiger partial charge in [0.15, 0.2) is 5.78 Å². The highest BCUT2D eigenvalue weighted by molar-refractivity contribution is 6.31. The first-order valence-electron chi connectivity index (χ1n) is 13.6. The average Bonchev–Trinajstić information content (AvgIpc) is 3.75. The lowest BCUT2D eigenvalue weighted by atomic mass is 10.1. The monoisotopic (exact) mass is 623 g/mol. The first-order chi connectivity index (χ1) is 20.6. The standard InChI is InChI=1S/C31H28Cl2FN5O4/c1-18(40)31-24-14-22(36-27(41)13-19-5-7-21(32)8-6-19)9-12-26(24)39(37-31)17-29(43)38(23-10-11-23)16-28(42)35-15-20-3-2-4-25(33)30(20)34/h2-9,12,14,23H,10-11,13,15-17H2,1H3,(H,35,42)(H,36,41). The van der Waals surface area contributed by atoms with E-state index in [0.717, 1.165) is 18.4 Å². The van der Waals surface area contributed by atoms with Gasteiger partial charge in [0.05, 0.1) is 23.5 Å². The molecule has 3 amide bonds. The maximum atomic E-state index is 14.2. The van der Waals surface area contributed by atoms with Crippen LogP contribution < -0.4 is 10.6 Å². The minimum Gasteiger partial charge on any atom is -0.350 e. The quantitative estimate of drug-likeness (QED) is 0.224. The summed E-state index contributed by atoms with van der Waals surface area (Å²) in [5.74, 6) is -1.92. The van der Waals surface area contributed by atoms with Crippen molar-refractivity contribution in [1.82, 2.24) is 20.0 Å². The average molecular weight is 625 g/mol. The summed E-state index contributed by atoms with van der Waals surface area (Å²) in [7, 11) is 0. The molecular formula is C31H28Cl2FN5O4. The van der Waals surface area contributed by atoms with Gasteiger partial charge in [0.1, 0.15) is 18.1 Å². The lowest BCUT2D eigenvalue weighted by Gasteiger charge is -2.22. The number of carbonyl (C=O) groups is 4. The number of rotatable bonds is 11. The second-order valence-corrected chi connectivity index (χ2v) is 11.2. The number of fused-ring (bicyclic) bond motifs is 1. The molecule has 0 atom stereocenters. The highest BCUT2D eigenvalue weighted by atomic mass is 35.5. The molecule has 0 bridgehead atoms. The third kappa shape index (κ3) is 7.39. The molecule has 1 aromatic heterocycles. The molecule has 222 valence electrons. The fraction of sp³-hybridized carbons (Fsp3) is 0.258. The van der Waals surface area contributed by atoms with Crippen LogP contribution in [-0.4, -0.2) is 50.8 Å². The lowest BCUT2D eigenvalue weighted by Crippen LogP contribution is -2.43. The van der Waals surface area contributed by atoms with Crippen LogP contribution in [0.1, 0.15) is 41.4 Å². The molecule has 4 aromatic rings. The zero-order valence-corrected chi connectivity index (χ0v) is 24.7. The molecule has 0 saturated heterocycles. The number of benzene rings is 3. The summed E-state index contributed by atoms with van der Waals surface area (Å²) in [6.45, 7) is 0.915. The molecule has 1 aliphatic carbocycles. The van der Waals surface area contributed by atoms with Crippen molar-refractivity contribution in [2.45, 2.75) is 45.3 Å². The molecule has 2 N–H and O–H groups in total. The van der Waals surface area contributed by atoms with E-state index in [1.165, 1.54) is 28.6 Å². The van der Waals surface area contributed by atoms with Gasteiger partial charge in [-0.15, -0.1) is 0 Å². The zero-order chi connectivity index (χ0) is 30.7. The molecule has 1 fully saturated rings.